The number of carbonyl (C=O) groups is 2. The van der Waals surface area contributed by atoms with Gasteiger partial charge in [-0.05, 0) is 45.9 Å². The minimum absolute atomic E-state index is 0.0103. The molecule has 7 heteroatoms. The summed E-state index contributed by atoms with van der Waals surface area (Å²) in [6, 6.07) is 3.49. The molecule has 2 rings (SSSR count). The molecule has 0 saturated heterocycles. The first-order chi connectivity index (χ1) is 11.7. The first-order valence-electron chi connectivity index (χ1n) is 7.91. The van der Waals surface area contributed by atoms with Gasteiger partial charge in [0.25, 0.3) is 0 Å². The Bertz CT molecular complexity index is 818. The molecule has 0 saturated carbocycles. The molecule has 0 radical (unpaired) electrons. The van der Waals surface area contributed by atoms with Gasteiger partial charge in [0.05, 0.1) is 12.1 Å². The van der Waals surface area contributed by atoms with Crippen LogP contribution in [0.15, 0.2) is 24.4 Å². The van der Waals surface area contributed by atoms with Crippen LogP contribution in [0.1, 0.15) is 33.4 Å². The summed E-state index contributed by atoms with van der Waals surface area (Å²) in [5, 5.41) is 1.12. The molecule has 2 aromatic rings. The minimum atomic E-state index is -0.583. The van der Waals surface area contributed by atoms with Gasteiger partial charge in [-0.25, -0.2) is 9.78 Å². The van der Waals surface area contributed by atoms with Crippen LogP contribution in [-0.2, 0) is 25.6 Å². The van der Waals surface area contributed by atoms with E-state index in [9.17, 15) is 9.59 Å². The second kappa shape index (κ2) is 7.70. The standard InChI is InChI=1S/C18H21ClN2O4/c1-5-24-16(22)7-6-13-8-12-10-20-15(19)9-14(12)21(13)11-17(23)25-18(2,3)4/h6-10H,5,11H2,1-4H3/b7-6+. The van der Waals surface area contributed by atoms with Crippen LogP contribution in [0.4, 0.5) is 0 Å². The SMILES string of the molecule is CCOC(=O)/C=C/c1cc2cnc(Cl)cc2n1CC(=O)OC(C)(C)C. The van der Waals surface area contributed by atoms with Crippen molar-refractivity contribution in [2.75, 3.05) is 6.61 Å². The molecular formula is C18H21ClN2O4. The number of aromatic nitrogens is 2. The summed E-state index contributed by atoms with van der Waals surface area (Å²) < 4.78 is 12.0. The van der Waals surface area contributed by atoms with Crippen LogP contribution in [0.2, 0.25) is 5.15 Å². The van der Waals surface area contributed by atoms with E-state index >= 15 is 0 Å². The zero-order valence-corrected chi connectivity index (χ0v) is 15.5. The van der Waals surface area contributed by atoms with Crippen molar-refractivity contribution < 1.29 is 19.1 Å². The van der Waals surface area contributed by atoms with Crippen molar-refractivity contribution in [2.24, 2.45) is 0 Å². The number of halogens is 1. The fourth-order valence-corrected chi connectivity index (χ4v) is 2.47. The summed E-state index contributed by atoms with van der Waals surface area (Å²) in [4.78, 5) is 27.8. The van der Waals surface area contributed by atoms with Crippen molar-refractivity contribution >= 4 is 40.5 Å². The number of ether oxygens (including phenoxy) is 2. The van der Waals surface area contributed by atoms with Gasteiger partial charge in [-0.1, -0.05) is 11.6 Å². The van der Waals surface area contributed by atoms with Crippen LogP contribution in [-0.4, -0.2) is 33.7 Å². The second-order valence-electron chi connectivity index (χ2n) is 6.39. The lowest BCUT2D eigenvalue weighted by Crippen LogP contribution is -2.26. The van der Waals surface area contributed by atoms with Crippen molar-refractivity contribution in [2.45, 2.75) is 39.8 Å². The monoisotopic (exact) mass is 364 g/mol. The lowest BCUT2D eigenvalue weighted by molar-refractivity contribution is -0.155. The number of esters is 2. The number of carbonyl (C=O) groups excluding carboxylic acids is 2. The maximum absolute atomic E-state index is 12.2. The Morgan fingerprint density at radius 3 is 2.68 bits per heavy atom. The fraction of sp³-hybridized carbons (Fsp3) is 0.389. The molecule has 0 aromatic carbocycles. The highest BCUT2D eigenvalue weighted by Crippen LogP contribution is 2.23. The quantitative estimate of drug-likeness (QED) is 0.460. The highest BCUT2D eigenvalue weighted by atomic mass is 35.5. The lowest BCUT2D eigenvalue weighted by atomic mass is 10.2. The van der Waals surface area contributed by atoms with Crippen LogP contribution < -0.4 is 0 Å². The van der Waals surface area contributed by atoms with Crippen molar-refractivity contribution in [3.63, 3.8) is 0 Å². The van der Waals surface area contributed by atoms with Crippen LogP contribution in [0.3, 0.4) is 0 Å². The van der Waals surface area contributed by atoms with E-state index in [2.05, 4.69) is 4.98 Å². The molecule has 25 heavy (non-hydrogen) atoms. The summed E-state index contributed by atoms with van der Waals surface area (Å²) >= 11 is 5.98. The molecule has 6 nitrogen and oxygen atoms in total. The smallest absolute Gasteiger partial charge is 0.330 e. The summed E-state index contributed by atoms with van der Waals surface area (Å²) in [6.45, 7) is 7.44. The summed E-state index contributed by atoms with van der Waals surface area (Å²) in [5.74, 6) is -0.837. The zero-order valence-electron chi connectivity index (χ0n) is 14.7. The Hall–Kier alpha value is -2.34. The molecule has 0 fully saturated rings. The normalized spacial score (nSPS) is 11.9. The third-order valence-electron chi connectivity index (χ3n) is 3.17. The number of fused-ring (bicyclic) bond motifs is 1. The van der Waals surface area contributed by atoms with Gasteiger partial charge in [0.15, 0.2) is 0 Å². The molecule has 0 aliphatic heterocycles. The van der Waals surface area contributed by atoms with Gasteiger partial charge in [0.2, 0.25) is 0 Å². The number of rotatable bonds is 5. The Labute approximate surface area is 151 Å². The molecule has 0 unspecified atom stereocenters. The fourth-order valence-electron chi connectivity index (χ4n) is 2.31. The van der Waals surface area contributed by atoms with Gasteiger partial charge in [-0.2, -0.15) is 0 Å². The molecule has 0 amide bonds. The number of hydrogen-bond acceptors (Lipinski definition) is 5. The van der Waals surface area contributed by atoms with E-state index in [1.165, 1.54) is 6.08 Å². The average Bonchev–Trinajstić information content (AvgIpc) is 2.81. The molecular weight excluding hydrogens is 344 g/mol. The molecule has 0 aliphatic rings. The predicted octanol–water partition coefficient (Wildman–Crippen LogP) is 3.61. The molecule has 134 valence electrons. The van der Waals surface area contributed by atoms with E-state index < -0.39 is 11.6 Å². The van der Waals surface area contributed by atoms with Gasteiger partial charge in [-0.3, -0.25) is 4.79 Å². The number of nitrogens with zero attached hydrogens (tertiary/aromatic N) is 2. The summed E-state index contributed by atoms with van der Waals surface area (Å²) in [5.41, 5.74) is 0.799. The predicted molar refractivity (Wildman–Crippen MR) is 96.3 cm³/mol. The molecule has 0 spiro atoms. The first kappa shape index (κ1) is 19.0. The second-order valence-corrected chi connectivity index (χ2v) is 6.78. The van der Waals surface area contributed by atoms with Gasteiger partial charge >= 0.3 is 11.9 Å². The third-order valence-corrected chi connectivity index (χ3v) is 3.38. The van der Waals surface area contributed by atoms with Crippen molar-refractivity contribution in [3.05, 3.63) is 35.3 Å². The topological polar surface area (TPSA) is 70.4 Å². The van der Waals surface area contributed by atoms with Crippen LogP contribution in [0, 0.1) is 0 Å². The Morgan fingerprint density at radius 1 is 1.32 bits per heavy atom. The summed E-state index contributed by atoms with van der Waals surface area (Å²) in [6.07, 6.45) is 4.53. The van der Waals surface area contributed by atoms with Gasteiger partial charge in [0, 0.05) is 23.4 Å². The first-order valence-corrected chi connectivity index (χ1v) is 8.29. The molecule has 2 aromatic heterocycles. The highest BCUT2D eigenvalue weighted by Gasteiger charge is 2.18. The van der Waals surface area contributed by atoms with E-state index in [1.807, 2.05) is 6.07 Å². The summed E-state index contributed by atoms with van der Waals surface area (Å²) in [7, 11) is 0. The Morgan fingerprint density at radius 2 is 2.04 bits per heavy atom. The third kappa shape index (κ3) is 5.32. The van der Waals surface area contributed by atoms with Gasteiger partial charge in [-0.15, -0.1) is 0 Å². The number of pyridine rings is 1. The van der Waals surface area contributed by atoms with Crippen LogP contribution in [0.5, 0.6) is 0 Å². The largest absolute Gasteiger partial charge is 0.463 e. The van der Waals surface area contributed by atoms with E-state index in [1.54, 1.807) is 50.6 Å². The molecule has 0 bridgehead atoms. The zero-order chi connectivity index (χ0) is 18.6. The lowest BCUT2D eigenvalue weighted by Gasteiger charge is -2.20. The van der Waals surface area contributed by atoms with E-state index in [0.717, 1.165) is 10.9 Å². The maximum Gasteiger partial charge on any atom is 0.330 e. The molecule has 0 aliphatic carbocycles. The average molecular weight is 365 g/mol. The van der Waals surface area contributed by atoms with Crippen LogP contribution in [0.25, 0.3) is 17.0 Å². The van der Waals surface area contributed by atoms with Crippen molar-refractivity contribution in [1.82, 2.24) is 9.55 Å². The minimum Gasteiger partial charge on any atom is -0.463 e. The van der Waals surface area contributed by atoms with Crippen molar-refractivity contribution in [1.29, 1.82) is 0 Å². The van der Waals surface area contributed by atoms with Gasteiger partial charge in [0.1, 0.15) is 17.3 Å². The number of hydrogen-bond donors (Lipinski definition) is 0. The van der Waals surface area contributed by atoms with Crippen LogP contribution >= 0.6 is 11.6 Å². The molecule has 0 N–H and O–H groups in total. The molecule has 0 atom stereocenters. The van der Waals surface area contributed by atoms with E-state index in [0.29, 0.717) is 17.5 Å². The van der Waals surface area contributed by atoms with Gasteiger partial charge < -0.3 is 14.0 Å². The molecule has 2 heterocycles. The van der Waals surface area contributed by atoms with Crippen molar-refractivity contribution in [3.8, 4) is 0 Å². The highest BCUT2D eigenvalue weighted by molar-refractivity contribution is 6.30. The Balaban J connectivity index is 2.39. The Kier molecular flexibility index (Phi) is 5.85. The van der Waals surface area contributed by atoms with E-state index in [4.69, 9.17) is 21.1 Å². The van der Waals surface area contributed by atoms with E-state index in [-0.39, 0.29) is 12.5 Å². The maximum atomic E-state index is 12.2.